The van der Waals surface area contributed by atoms with E-state index in [0.717, 1.165) is 24.4 Å². The van der Waals surface area contributed by atoms with E-state index in [2.05, 4.69) is 24.3 Å². The molecule has 3 rings (SSSR count). The van der Waals surface area contributed by atoms with Gasteiger partial charge in [0.15, 0.2) is 0 Å². The molecule has 0 spiro atoms. The van der Waals surface area contributed by atoms with Crippen LogP contribution in [0.1, 0.15) is 44.4 Å². The molecule has 0 aromatic carbocycles. The molecule has 0 aliphatic heterocycles. The lowest BCUT2D eigenvalue weighted by molar-refractivity contribution is -0.117. The number of hydrogen-bond acceptors (Lipinski definition) is 3. The summed E-state index contributed by atoms with van der Waals surface area (Å²) in [5.74, 6) is 1.97. The molecule has 5 heteroatoms. The van der Waals surface area contributed by atoms with Crippen molar-refractivity contribution in [1.82, 2.24) is 9.78 Å². The quantitative estimate of drug-likeness (QED) is 0.910. The van der Waals surface area contributed by atoms with Crippen LogP contribution in [0.4, 0.5) is 5.82 Å². The largest absolute Gasteiger partial charge is 0.469 e. The van der Waals surface area contributed by atoms with E-state index in [1.807, 2.05) is 22.9 Å². The zero-order chi connectivity index (χ0) is 14.1. The number of carbonyl (C=O) groups is 1. The third-order valence-corrected chi connectivity index (χ3v) is 3.97. The lowest BCUT2D eigenvalue weighted by Crippen LogP contribution is -2.19. The molecule has 2 aromatic heterocycles. The van der Waals surface area contributed by atoms with Crippen LogP contribution in [-0.2, 0) is 4.79 Å². The molecule has 1 saturated carbocycles. The minimum absolute atomic E-state index is 0.0152. The van der Waals surface area contributed by atoms with Crippen molar-refractivity contribution in [1.29, 1.82) is 0 Å². The molecule has 1 fully saturated rings. The lowest BCUT2D eigenvalue weighted by atomic mass is 10.2. The van der Waals surface area contributed by atoms with Gasteiger partial charge in [-0.25, -0.2) is 4.68 Å². The first kappa shape index (κ1) is 13.0. The van der Waals surface area contributed by atoms with Gasteiger partial charge in [-0.2, -0.15) is 5.10 Å². The third-order valence-electron chi connectivity index (χ3n) is 3.97. The van der Waals surface area contributed by atoms with E-state index in [4.69, 9.17) is 4.42 Å². The Morgan fingerprint density at radius 1 is 1.60 bits per heavy atom. The van der Waals surface area contributed by atoms with Crippen LogP contribution >= 0.6 is 0 Å². The van der Waals surface area contributed by atoms with E-state index in [1.165, 1.54) is 0 Å². The summed E-state index contributed by atoms with van der Waals surface area (Å²) in [7, 11) is 0. The molecular formula is C15H19N3O2. The Balaban J connectivity index is 1.65. The Hall–Kier alpha value is -2.04. The summed E-state index contributed by atoms with van der Waals surface area (Å²) in [6.45, 7) is 4.19. The zero-order valence-corrected chi connectivity index (χ0v) is 11.7. The van der Waals surface area contributed by atoms with Crippen molar-refractivity contribution >= 4 is 11.7 Å². The summed E-state index contributed by atoms with van der Waals surface area (Å²) in [5, 5.41) is 7.25. The molecule has 1 aliphatic carbocycles. The highest BCUT2D eigenvalue weighted by atomic mass is 16.3. The van der Waals surface area contributed by atoms with E-state index < -0.39 is 0 Å². The molecular weight excluding hydrogens is 254 g/mol. The monoisotopic (exact) mass is 273 g/mol. The van der Waals surface area contributed by atoms with Crippen molar-refractivity contribution in [3.05, 3.63) is 36.4 Å². The average Bonchev–Trinajstić information content (AvgIpc) is 2.89. The minimum atomic E-state index is 0.0152. The summed E-state index contributed by atoms with van der Waals surface area (Å²) >= 11 is 0. The number of rotatable bonds is 5. The van der Waals surface area contributed by atoms with Gasteiger partial charge in [0, 0.05) is 17.9 Å². The molecule has 20 heavy (non-hydrogen) atoms. The highest BCUT2D eigenvalue weighted by Crippen LogP contribution is 2.48. The number of carbonyl (C=O) groups excluding carboxylic acids is 1. The molecule has 3 unspecified atom stereocenters. The van der Waals surface area contributed by atoms with E-state index in [1.54, 1.807) is 12.5 Å². The standard InChI is InChI=1S/C15H19N3O2/c1-3-10(2)18-14(6-7-16-18)17-15(19)12-9-11(12)13-5-4-8-20-13/h4-8,10-12H,3,9H2,1-2H3,(H,17,19). The van der Waals surface area contributed by atoms with Crippen molar-refractivity contribution in [3.63, 3.8) is 0 Å². The van der Waals surface area contributed by atoms with Crippen LogP contribution in [0.25, 0.3) is 0 Å². The molecule has 2 heterocycles. The van der Waals surface area contributed by atoms with Crippen LogP contribution in [0.15, 0.2) is 35.1 Å². The first-order valence-electron chi connectivity index (χ1n) is 7.08. The predicted octanol–water partition coefficient (Wildman–Crippen LogP) is 3.19. The second-order valence-corrected chi connectivity index (χ2v) is 5.37. The first-order chi connectivity index (χ1) is 9.70. The van der Waals surface area contributed by atoms with Crippen molar-refractivity contribution in [2.75, 3.05) is 5.32 Å². The number of hydrogen-bond donors (Lipinski definition) is 1. The van der Waals surface area contributed by atoms with Gasteiger partial charge < -0.3 is 9.73 Å². The van der Waals surface area contributed by atoms with Gasteiger partial charge in [0.1, 0.15) is 11.6 Å². The van der Waals surface area contributed by atoms with Gasteiger partial charge in [-0.05, 0) is 31.9 Å². The van der Waals surface area contributed by atoms with Gasteiger partial charge in [-0.1, -0.05) is 6.92 Å². The van der Waals surface area contributed by atoms with Crippen molar-refractivity contribution in [2.45, 2.75) is 38.6 Å². The molecule has 3 atom stereocenters. The fraction of sp³-hybridized carbons (Fsp3) is 0.467. The smallest absolute Gasteiger partial charge is 0.229 e. The maximum atomic E-state index is 12.2. The molecule has 0 bridgehead atoms. The summed E-state index contributed by atoms with van der Waals surface area (Å²) in [6.07, 6.45) is 5.21. The number of amides is 1. The highest BCUT2D eigenvalue weighted by molar-refractivity contribution is 5.94. The Morgan fingerprint density at radius 3 is 3.15 bits per heavy atom. The predicted molar refractivity (Wildman–Crippen MR) is 75.4 cm³/mol. The summed E-state index contributed by atoms with van der Waals surface area (Å²) in [6, 6.07) is 5.91. The van der Waals surface area contributed by atoms with E-state index in [0.29, 0.717) is 0 Å². The molecule has 0 radical (unpaired) electrons. The fourth-order valence-electron chi connectivity index (χ4n) is 2.46. The Morgan fingerprint density at radius 2 is 2.45 bits per heavy atom. The number of nitrogens with one attached hydrogen (secondary N) is 1. The Labute approximate surface area is 118 Å². The Kier molecular flexibility index (Phi) is 3.34. The Bertz CT molecular complexity index is 588. The van der Waals surface area contributed by atoms with Crippen LogP contribution in [-0.4, -0.2) is 15.7 Å². The molecule has 1 N–H and O–H groups in total. The molecule has 1 aliphatic rings. The van der Waals surface area contributed by atoms with Crippen LogP contribution < -0.4 is 5.32 Å². The maximum Gasteiger partial charge on any atom is 0.229 e. The molecule has 0 saturated heterocycles. The molecule has 5 nitrogen and oxygen atoms in total. The summed E-state index contributed by atoms with van der Waals surface area (Å²) in [5.41, 5.74) is 0. The second-order valence-electron chi connectivity index (χ2n) is 5.37. The first-order valence-corrected chi connectivity index (χ1v) is 7.08. The number of aromatic nitrogens is 2. The van der Waals surface area contributed by atoms with Crippen LogP contribution in [0.2, 0.25) is 0 Å². The zero-order valence-electron chi connectivity index (χ0n) is 11.7. The highest BCUT2D eigenvalue weighted by Gasteiger charge is 2.46. The van der Waals surface area contributed by atoms with Crippen LogP contribution in [0.5, 0.6) is 0 Å². The molecule has 106 valence electrons. The van der Waals surface area contributed by atoms with Gasteiger partial charge >= 0.3 is 0 Å². The van der Waals surface area contributed by atoms with E-state index in [9.17, 15) is 4.79 Å². The normalized spacial score (nSPS) is 22.5. The minimum Gasteiger partial charge on any atom is -0.469 e. The number of furan rings is 1. The fourth-order valence-corrected chi connectivity index (χ4v) is 2.46. The number of anilines is 1. The maximum absolute atomic E-state index is 12.2. The van der Waals surface area contributed by atoms with Gasteiger partial charge in [0.25, 0.3) is 0 Å². The van der Waals surface area contributed by atoms with Gasteiger partial charge in [0.05, 0.1) is 18.5 Å². The summed E-state index contributed by atoms with van der Waals surface area (Å²) < 4.78 is 7.22. The SMILES string of the molecule is CCC(C)n1nccc1NC(=O)C1CC1c1ccco1. The number of nitrogens with zero attached hydrogens (tertiary/aromatic N) is 2. The van der Waals surface area contributed by atoms with Gasteiger partial charge in [-0.3, -0.25) is 4.79 Å². The van der Waals surface area contributed by atoms with Gasteiger partial charge in [-0.15, -0.1) is 0 Å². The summed E-state index contributed by atoms with van der Waals surface area (Å²) in [4.78, 5) is 12.2. The third kappa shape index (κ3) is 2.35. The molecule has 2 aromatic rings. The lowest BCUT2D eigenvalue weighted by Gasteiger charge is -2.14. The van der Waals surface area contributed by atoms with E-state index in [-0.39, 0.29) is 23.8 Å². The van der Waals surface area contributed by atoms with E-state index >= 15 is 0 Å². The second kappa shape index (κ2) is 5.15. The van der Waals surface area contributed by atoms with Crippen molar-refractivity contribution < 1.29 is 9.21 Å². The average molecular weight is 273 g/mol. The molecule has 1 amide bonds. The van der Waals surface area contributed by atoms with Crippen molar-refractivity contribution in [3.8, 4) is 0 Å². The van der Waals surface area contributed by atoms with Crippen LogP contribution in [0, 0.1) is 5.92 Å². The van der Waals surface area contributed by atoms with Crippen LogP contribution in [0.3, 0.4) is 0 Å². The topological polar surface area (TPSA) is 60.1 Å². The van der Waals surface area contributed by atoms with Crippen molar-refractivity contribution in [2.24, 2.45) is 5.92 Å². The van der Waals surface area contributed by atoms with Gasteiger partial charge in [0.2, 0.25) is 5.91 Å².